The Morgan fingerprint density at radius 3 is 2.39 bits per heavy atom. The highest BCUT2D eigenvalue weighted by Gasteiger charge is 2.42. The van der Waals surface area contributed by atoms with E-state index in [-0.39, 0.29) is 36.2 Å². The second kappa shape index (κ2) is 8.65. The van der Waals surface area contributed by atoms with Crippen molar-refractivity contribution in [3.05, 3.63) is 64.7 Å². The lowest BCUT2D eigenvalue weighted by Crippen LogP contribution is -2.49. The van der Waals surface area contributed by atoms with Crippen LogP contribution in [-0.2, 0) is 11.2 Å². The number of methoxy groups -OCH3 is 1. The zero-order chi connectivity index (χ0) is 23.1. The minimum absolute atomic E-state index is 0.00409. The third kappa shape index (κ3) is 3.71. The number of amides is 3. The molecule has 3 amide bonds. The Bertz CT molecular complexity index is 1080. The van der Waals surface area contributed by atoms with Gasteiger partial charge in [0.15, 0.2) is 0 Å². The van der Waals surface area contributed by atoms with Gasteiger partial charge in [0.1, 0.15) is 5.75 Å². The van der Waals surface area contributed by atoms with Crippen LogP contribution in [0, 0.1) is 11.8 Å². The molecule has 6 nitrogen and oxygen atoms in total. The van der Waals surface area contributed by atoms with Crippen LogP contribution in [0.3, 0.4) is 0 Å². The number of carbonyl (C=O) groups excluding carboxylic acids is 3. The van der Waals surface area contributed by atoms with Crippen LogP contribution in [0.1, 0.15) is 70.5 Å². The SMILES string of the molecule is COc1ccc2c(c1)[C@H](CN1C(=O)c3ccccc3C1=O)N(C(=O)[C@H]1CCCC[C@H]1C)CC2. The maximum Gasteiger partial charge on any atom is 0.261 e. The Balaban J connectivity index is 1.51. The highest BCUT2D eigenvalue weighted by Crippen LogP contribution is 2.39. The van der Waals surface area contributed by atoms with Crippen molar-refractivity contribution in [2.24, 2.45) is 11.8 Å². The first-order valence-electron chi connectivity index (χ1n) is 11.9. The van der Waals surface area contributed by atoms with Gasteiger partial charge in [0.05, 0.1) is 30.8 Å². The van der Waals surface area contributed by atoms with Gasteiger partial charge in [-0.3, -0.25) is 19.3 Å². The Morgan fingerprint density at radius 2 is 1.73 bits per heavy atom. The zero-order valence-corrected chi connectivity index (χ0v) is 19.3. The molecular weight excluding hydrogens is 416 g/mol. The summed E-state index contributed by atoms with van der Waals surface area (Å²) in [6, 6.07) is 12.5. The molecule has 3 atom stereocenters. The first kappa shape index (κ1) is 21.7. The maximum atomic E-state index is 13.8. The molecule has 2 aromatic rings. The van der Waals surface area contributed by atoms with Crippen LogP contribution in [0.15, 0.2) is 42.5 Å². The smallest absolute Gasteiger partial charge is 0.261 e. The van der Waals surface area contributed by atoms with Gasteiger partial charge in [0, 0.05) is 12.5 Å². The van der Waals surface area contributed by atoms with E-state index in [1.807, 2.05) is 23.1 Å². The predicted octanol–water partition coefficient (Wildman–Crippen LogP) is 4.24. The number of fused-ring (bicyclic) bond motifs is 2. The molecule has 33 heavy (non-hydrogen) atoms. The lowest BCUT2D eigenvalue weighted by Gasteiger charge is -2.42. The molecule has 1 fully saturated rings. The molecule has 0 bridgehead atoms. The van der Waals surface area contributed by atoms with E-state index in [9.17, 15) is 14.4 Å². The van der Waals surface area contributed by atoms with Crippen molar-refractivity contribution in [3.63, 3.8) is 0 Å². The summed E-state index contributed by atoms with van der Waals surface area (Å²) >= 11 is 0. The van der Waals surface area contributed by atoms with Gasteiger partial charge in [0.25, 0.3) is 11.8 Å². The largest absolute Gasteiger partial charge is 0.497 e. The van der Waals surface area contributed by atoms with E-state index in [1.54, 1.807) is 31.4 Å². The lowest BCUT2D eigenvalue weighted by atomic mass is 9.78. The van der Waals surface area contributed by atoms with Crippen molar-refractivity contribution in [2.75, 3.05) is 20.2 Å². The standard InChI is InChI=1S/C27H30N2O4/c1-17-7-3-4-8-20(17)25(30)28-14-13-18-11-12-19(33-2)15-23(18)24(28)16-29-26(31)21-9-5-6-10-22(21)27(29)32/h5-6,9-12,15,17,20,24H,3-4,7-8,13-14,16H2,1-2H3/t17-,20+,24+/m1/s1. The fourth-order valence-electron chi connectivity index (χ4n) is 5.74. The number of ether oxygens (including phenoxy) is 1. The second-order valence-corrected chi connectivity index (χ2v) is 9.50. The third-order valence-electron chi connectivity index (χ3n) is 7.66. The van der Waals surface area contributed by atoms with Gasteiger partial charge >= 0.3 is 0 Å². The number of rotatable bonds is 4. The maximum absolute atomic E-state index is 13.8. The normalized spacial score (nSPS) is 24.5. The molecule has 2 heterocycles. The number of benzene rings is 2. The highest BCUT2D eigenvalue weighted by atomic mass is 16.5. The van der Waals surface area contributed by atoms with E-state index in [0.717, 1.165) is 36.8 Å². The Kier molecular flexibility index (Phi) is 5.69. The van der Waals surface area contributed by atoms with Gasteiger partial charge in [0.2, 0.25) is 5.91 Å². The van der Waals surface area contributed by atoms with Crippen LogP contribution in [-0.4, -0.2) is 47.7 Å². The van der Waals surface area contributed by atoms with Gasteiger partial charge in [-0.25, -0.2) is 0 Å². The minimum Gasteiger partial charge on any atom is -0.497 e. The summed E-state index contributed by atoms with van der Waals surface area (Å²) in [7, 11) is 1.62. The summed E-state index contributed by atoms with van der Waals surface area (Å²) in [6.45, 7) is 2.91. The fourth-order valence-corrected chi connectivity index (χ4v) is 5.74. The number of nitrogens with zero attached hydrogens (tertiary/aromatic N) is 2. The van der Waals surface area contributed by atoms with Crippen molar-refractivity contribution in [1.29, 1.82) is 0 Å². The minimum atomic E-state index is -0.382. The summed E-state index contributed by atoms with van der Waals surface area (Å²) in [5.74, 6) is 0.625. The molecule has 0 N–H and O–H groups in total. The lowest BCUT2D eigenvalue weighted by molar-refractivity contribution is -0.141. The number of hydrogen-bond acceptors (Lipinski definition) is 4. The van der Waals surface area contributed by atoms with Crippen molar-refractivity contribution in [3.8, 4) is 5.75 Å². The topological polar surface area (TPSA) is 66.9 Å². The Hall–Kier alpha value is -3.15. The van der Waals surface area contributed by atoms with Crippen LogP contribution in [0.4, 0.5) is 0 Å². The van der Waals surface area contributed by atoms with Crippen LogP contribution in [0.5, 0.6) is 5.75 Å². The quantitative estimate of drug-likeness (QED) is 0.659. The van der Waals surface area contributed by atoms with Crippen molar-refractivity contribution in [2.45, 2.75) is 45.1 Å². The molecule has 0 aromatic heterocycles. The molecule has 1 saturated carbocycles. The molecule has 1 aliphatic carbocycles. The molecule has 0 unspecified atom stereocenters. The number of hydrogen-bond donors (Lipinski definition) is 0. The van der Waals surface area contributed by atoms with E-state index >= 15 is 0 Å². The average Bonchev–Trinajstić information content (AvgIpc) is 3.08. The van der Waals surface area contributed by atoms with Gasteiger partial charge in [-0.15, -0.1) is 0 Å². The molecule has 2 aromatic carbocycles. The van der Waals surface area contributed by atoms with E-state index < -0.39 is 0 Å². The summed E-state index contributed by atoms with van der Waals surface area (Å²) in [6.07, 6.45) is 4.97. The Labute approximate surface area is 194 Å². The van der Waals surface area contributed by atoms with Gasteiger partial charge < -0.3 is 9.64 Å². The van der Waals surface area contributed by atoms with Gasteiger partial charge in [-0.2, -0.15) is 0 Å². The van der Waals surface area contributed by atoms with Gasteiger partial charge in [-0.05, 0) is 60.6 Å². The molecule has 0 spiro atoms. The van der Waals surface area contributed by atoms with Gasteiger partial charge in [-0.1, -0.05) is 38.0 Å². The van der Waals surface area contributed by atoms with Crippen molar-refractivity contribution < 1.29 is 19.1 Å². The third-order valence-corrected chi connectivity index (χ3v) is 7.66. The average molecular weight is 447 g/mol. The Morgan fingerprint density at radius 1 is 1.03 bits per heavy atom. The van der Waals surface area contributed by atoms with Crippen molar-refractivity contribution in [1.82, 2.24) is 9.80 Å². The summed E-state index contributed by atoms with van der Waals surface area (Å²) < 4.78 is 5.47. The number of imide groups is 1. The molecule has 6 heteroatoms. The molecule has 2 aliphatic heterocycles. The van der Waals surface area contributed by atoms with Crippen LogP contribution < -0.4 is 4.74 Å². The summed E-state index contributed by atoms with van der Waals surface area (Å²) in [5, 5.41) is 0. The van der Waals surface area contributed by atoms with E-state index in [1.165, 1.54) is 11.3 Å². The molecule has 0 radical (unpaired) electrons. The first-order valence-corrected chi connectivity index (χ1v) is 11.9. The highest BCUT2D eigenvalue weighted by molar-refractivity contribution is 6.21. The molecule has 3 aliphatic rings. The van der Waals surface area contributed by atoms with Crippen LogP contribution in [0.25, 0.3) is 0 Å². The number of carbonyl (C=O) groups is 3. The summed E-state index contributed by atoms with van der Waals surface area (Å²) in [4.78, 5) is 43.3. The predicted molar refractivity (Wildman–Crippen MR) is 124 cm³/mol. The van der Waals surface area contributed by atoms with E-state index in [4.69, 9.17) is 4.74 Å². The molecular formula is C27H30N2O4. The molecule has 5 rings (SSSR count). The second-order valence-electron chi connectivity index (χ2n) is 9.50. The van der Waals surface area contributed by atoms with Crippen LogP contribution in [0.2, 0.25) is 0 Å². The first-order chi connectivity index (χ1) is 16.0. The fraction of sp³-hybridized carbons (Fsp3) is 0.444. The zero-order valence-electron chi connectivity index (χ0n) is 19.3. The van der Waals surface area contributed by atoms with Crippen molar-refractivity contribution >= 4 is 17.7 Å². The van der Waals surface area contributed by atoms with E-state index in [0.29, 0.717) is 29.3 Å². The summed E-state index contributed by atoms with van der Waals surface area (Å²) in [5.41, 5.74) is 2.97. The molecule has 172 valence electrons. The molecule has 0 saturated heterocycles. The monoisotopic (exact) mass is 446 g/mol. The van der Waals surface area contributed by atoms with E-state index in [2.05, 4.69) is 6.92 Å². The van der Waals surface area contributed by atoms with Crippen LogP contribution >= 0.6 is 0 Å².